The van der Waals surface area contributed by atoms with E-state index in [1.54, 1.807) is 19.1 Å². The van der Waals surface area contributed by atoms with Crippen LogP contribution in [0.4, 0.5) is 0 Å². The summed E-state index contributed by atoms with van der Waals surface area (Å²) < 4.78 is 29.1. The molecular formula is C12H15NO4S. The summed E-state index contributed by atoms with van der Waals surface area (Å²) in [5.74, 6) is -0.184. The molecule has 0 radical (unpaired) electrons. The number of aryl methyl sites for hydroxylation is 2. The second-order valence-electron chi connectivity index (χ2n) is 4.41. The minimum absolute atomic E-state index is 0.147. The van der Waals surface area contributed by atoms with E-state index < -0.39 is 16.3 Å². The van der Waals surface area contributed by atoms with Crippen molar-refractivity contribution in [2.75, 3.05) is 0 Å². The first kappa shape index (κ1) is 13.0. The third-order valence-electron chi connectivity index (χ3n) is 2.80. The Kier molecular flexibility index (Phi) is 3.41. The van der Waals surface area contributed by atoms with E-state index in [9.17, 15) is 13.2 Å². The highest BCUT2D eigenvalue weighted by Gasteiger charge is 2.28. The minimum atomic E-state index is -3.83. The summed E-state index contributed by atoms with van der Waals surface area (Å²) in [6, 6.07) is 5.02. The lowest BCUT2D eigenvalue weighted by Gasteiger charge is -2.13. The number of carbonyl (C=O) groups excluding carboxylic acids is 1. The van der Waals surface area contributed by atoms with E-state index in [4.69, 9.17) is 4.18 Å². The number of benzene rings is 1. The van der Waals surface area contributed by atoms with Crippen LogP contribution < -0.4 is 5.32 Å². The van der Waals surface area contributed by atoms with Crippen LogP contribution in [0.5, 0.6) is 0 Å². The van der Waals surface area contributed by atoms with Gasteiger partial charge in [-0.15, -0.1) is 0 Å². The normalized spacial score (nSPS) is 19.9. The second-order valence-corrected chi connectivity index (χ2v) is 5.95. The van der Waals surface area contributed by atoms with Gasteiger partial charge in [0.15, 0.2) is 0 Å². The molecule has 1 aliphatic rings. The zero-order valence-corrected chi connectivity index (χ0v) is 11.1. The molecule has 98 valence electrons. The Bertz CT molecular complexity index is 580. The van der Waals surface area contributed by atoms with Crippen molar-refractivity contribution in [3.63, 3.8) is 0 Å². The van der Waals surface area contributed by atoms with E-state index in [1.807, 2.05) is 6.92 Å². The summed E-state index contributed by atoms with van der Waals surface area (Å²) in [5.41, 5.74) is 1.62. The fourth-order valence-corrected chi connectivity index (χ4v) is 3.18. The molecule has 1 aromatic rings. The Morgan fingerprint density at radius 1 is 1.33 bits per heavy atom. The van der Waals surface area contributed by atoms with Gasteiger partial charge in [-0.05, 0) is 25.5 Å². The number of hydrogen-bond acceptors (Lipinski definition) is 4. The molecular weight excluding hydrogens is 254 g/mol. The van der Waals surface area contributed by atoms with Crippen LogP contribution in [0.15, 0.2) is 23.1 Å². The minimum Gasteiger partial charge on any atom is -0.330 e. The molecule has 0 aliphatic carbocycles. The topological polar surface area (TPSA) is 72.5 Å². The summed E-state index contributed by atoms with van der Waals surface area (Å²) in [6.45, 7) is 3.61. The van der Waals surface area contributed by atoms with Crippen LogP contribution in [-0.2, 0) is 19.1 Å². The molecule has 1 N–H and O–H groups in total. The zero-order chi connectivity index (χ0) is 13.3. The number of amides is 1. The molecule has 0 saturated carbocycles. The Balaban J connectivity index is 2.23. The summed E-state index contributed by atoms with van der Waals surface area (Å²) in [6.07, 6.45) is -0.0704. The van der Waals surface area contributed by atoms with Gasteiger partial charge >= 0.3 is 0 Å². The SMILES string of the molecule is Cc1ccc(S(=O)(=O)O[C@H]2CCC(=O)N2)c(C)c1. The first-order chi connectivity index (χ1) is 8.38. The summed E-state index contributed by atoms with van der Waals surface area (Å²) in [5, 5.41) is 2.47. The molecule has 1 atom stereocenters. The zero-order valence-electron chi connectivity index (χ0n) is 10.3. The number of carbonyl (C=O) groups is 1. The van der Waals surface area contributed by atoms with E-state index in [0.29, 0.717) is 18.4 Å². The standard InChI is InChI=1S/C12H15NO4S/c1-8-3-4-10(9(2)7-8)18(15,16)17-12-6-5-11(14)13-12/h3-4,7,12H,5-6H2,1-2H3,(H,13,14)/t12-/m0/s1. The predicted molar refractivity (Wildman–Crippen MR) is 65.4 cm³/mol. The molecule has 1 heterocycles. The highest BCUT2D eigenvalue weighted by Crippen LogP contribution is 2.21. The van der Waals surface area contributed by atoms with Crippen LogP contribution in [-0.4, -0.2) is 20.6 Å². The first-order valence-corrected chi connectivity index (χ1v) is 7.09. The Morgan fingerprint density at radius 3 is 2.61 bits per heavy atom. The van der Waals surface area contributed by atoms with Crippen molar-refractivity contribution in [2.45, 2.75) is 37.8 Å². The largest absolute Gasteiger partial charge is 0.330 e. The molecule has 5 nitrogen and oxygen atoms in total. The molecule has 1 fully saturated rings. The number of nitrogens with one attached hydrogen (secondary N) is 1. The maximum atomic E-state index is 12.1. The Labute approximate surface area is 106 Å². The fourth-order valence-electron chi connectivity index (χ4n) is 1.94. The molecule has 1 saturated heterocycles. The van der Waals surface area contributed by atoms with Gasteiger partial charge in [-0.1, -0.05) is 17.7 Å². The van der Waals surface area contributed by atoms with Gasteiger partial charge in [-0.3, -0.25) is 4.79 Å². The van der Waals surface area contributed by atoms with Gasteiger partial charge in [0.2, 0.25) is 5.91 Å². The van der Waals surface area contributed by atoms with E-state index in [2.05, 4.69) is 5.32 Å². The van der Waals surface area contributed by atoms with E-state index >= 15 is 0 Å². The number of rotatable bonds is 3. The highest BCUT2D eigenvalue weighted by molar-refractivity contribution is 7.86. The fraction of sp³-hybridized carbons (Fsp3) is 0.417. The van der Waals surface area contributed by atoms with E-state index in [0.717, 1.165) is 5.56 Å². The lowest BCUT2D eigenvalue weighted by molar-refractivity contribution is -0.119. The van der Waals surface area contributed by atoms with Crippen LogP contribution in [0.1, 0.15) is 24.0 Å². The monoisotopic (exact) mass is 269 g/mol. The van der Waals surface area contributed by atoms with Gasteiger partial charge in [0.1, 0.15) is 6.23 Å². The van der Waals surface area contributed by atoms with E-state index in [1.165, 1.54) is 6.07 Å². The molecule has 0 spiro atoms. The van der Waals surface area contributed by atoms with Gasteiger partial charge < -0.3 is 5.32 Å². The van der Waals surface area contributed by atoms with Crippen molar-refractivity contribution in [1.82, 2.24) is 5.32 Å². The van der Waals surface area contributed by atoms with Crippen molar-refractivity contribution in [2.24, 2.45) is 0 Å². The molecule has 1 aromatic carbocycles. The summed E-state index contributed by atoms with van der Waals surface area (Å²) in [4.78, 5) is 11.1. The van der Waals surface area contributed by atoms with Crippen molar-refractivity contribution >= 4 is 16.0 Å². The van der Waals surface area contributed by atoms with Gasteiger partial charge in [-0.25, -0.2) is 4.18 Å². The average Bonchev–Trinajstić information content (AvgIpc) is 2.62. The summed E-state index contributed by atoms with van der Waals surface area (Å²) in [7, 11) is -3.83. The number of hydrogen-bond donors (Lipinski definition) is 1. The lowest BCUT2D eigenvalue weighted by Crippen LogP contribution is -2.30. The van der Waals surface area contributed by atoms with Gasteiger partial charge in [0.05, 0.1) is 4.90 Å². The molecule has 0 bridgehead atoms. The van der Waals surface area contributed by atoms with Crippen molar-refractivity contribution in [1.29, 1.82) is 0 Å². The van der Waals surface area contributed by atoms with Crippen LogP contribution >= 0.6 is 0 Å². The van der Waals surface area contributed by atoms with E-state index in [-0.39, 0.29) is 10.8 Å². The lowest BCUT2D eigenvalue weighted by atomic mass is 10.2. The van der Waals surface area contributed by atoms with Crippen LogP contribution in [0.2, 0.25) is 0 Å². The Hall–Kier alpha value is -1.40. The average molecular weight is 269 g/mol. The molecule has 18 heavy (non-hydrogen) atoms. The van der Waals surface area contributed by atoms with Crippen LogP contribution in [0, 0.1) is 13.8 Å². The predicted octanol–water partition coefficient (Wildman–Crippen LogP) is 1.24. The first-order valence-electron chi connectivity index (χ1n) is 5.68. The molecule has 0 unspecified atom stereocenters. The van der Waals surface area contributed by atoms with Crippen LogP contribution in [0.25, 0.3) is 0 Å². The molecule has 6 heteroatoms. The Morgan fingerprint density at radius 2 is 2.06 bits per heavy atom. The quantitative estimate of drug-likeness (QED) is 0.838. The van der Waals surface area contributed by atoms with Gasteiger partial charge in [0, 0.05) is 12.8 Å². The maximum absolute atomic E-state index is 12.1. The molecule has 0 aromatic heterocycles. The molecule has 1 amide bonds. The van der Waals surface area contributed by atoms with Gasteiger partial charge in [0.25, 0.3) is 10.1 Å². The third-order valence-corrected chi connectivity index (χ3v) is 4.28. The van der Waals surface area contributed by atoms with Crippen LogP contribution in [0.3, 0.4) is 0 Å². The van der Waals surface area contributed by atoms with Gasteiger partial charge in [-0.2, -0.15) is 8.42 Å². The maximum Gasteiger partial charge on any atom is 0.299 e. The highest BCUT2D eigenvalue weighted by atomic mass is 32.2. The summed E-state index contributed by atoms with van der Waals surface area (Å²) >= 11 is 0. The third kappa shape index (κ3) is 2.70. The van der Waals surface area contributed by atoms with Crippen molar-refractivity contribution < 1.29 is 17.4 Å². The van der Waals surface area contributed by atoms with Crippen molar-refractivity contribution in [3.8, 4) is 0 Å². The van der Waals surface area contributed by atoms with Crippen molar-refractivity contribution in [3.05, 3.63) is 29.3 Å². The smallest absolute Gasteiger partial charge is 0.299 e. The molecule has 1 aliphatic heterocycles. The second kappa shape index (κ2) is 4.70. The molecule has 2 rings (SSSR count).